The zero-order valence-corrected chi connectivity index (χ0v) is 14.3. The molecular formula is C19H17N5O2. The number of nitrogens with zero attached hydrogens (tertiary/aromatic N) is 5. The lowest BCUT2D eigenvalue weighted by atomic mass is 10.0. The van der Waals surface area contributed by atoms with Gasteiger partial charge in [-0.15, -0.1) is 0 Å². The molecule has 4 heterocycles. The van der Waals surface area contributed by atoms with Crippen LogP contribution in [0.3, 0.4) is 0 Å². The van der Waals surface area contributed by atoms with Gasteiger partial charge in [-0.05, 0) is 29.8 Å². The molecule has 0 bridgehead atoms. The normalized spacial score (nSPS) is 13.3. The fourth-order valence-corrected chi connectivity index (χ4v) is 3.11. The summed E-state index contributed by atoms with van der Waals surface area (Å²) >= 11 is 0. The highest BCUT2D eigenvalue weighted by atomic mass is 16.2. The van der Waals surface area contributed by atoms with Crippen LogP contribution in [0.5, 0.6) is 0 Å². The molecule has 1 aliphatic rings. The van der Waals surface area contributed by atoms with Crippen LogP contribution in [-0.4, -0.2) is 37.1 Å². The van der Waals surface area contributed by atoms with Crippen molar-refractivity contribution >= 4 is 5.91 Å². The molecule has 7 nitrogen and oxygen atoms in total. The smallest absolute Gasteiger partial charge is 0.270 e. The van der Waals surface area contributed by atoms with Crippen LogP contribution in [-0.2, 0) is 20.0 Å². The molecule has 26 heavy (non-hydrogen) atoms. The molecule has 0 unspecified atom stereocenters. The lowest BCUT2D eigenvalue weighted by molar-refractivity contribution is 0.0722. The summed E-state index contributed by atoms with van der Waals surface area (Å²) in [4.78, 5) is 30.4. The first-order valence-corrected chi connectivity index (χ1v) is 8.34. The van der Waals surface area contributed by atoms with Gasteiger partial charge in [-0.3, -0.25) is 14.6 Å². The minimum absolute atomic E-state index is 0.155. The van der Waals surface area contributed by atoms with Gasteiger partial charge < -0.3 is 9.47 Å². The summed E-state index contributed by atoms with van der Waals surface area (Å²) in [5, 5.41) is 8.62. The first-order chi connectivity index (χ1) is 12.6. The van der Waals surface area contributed by atoms with E-state index in [2.05, 4.69) is 15.2 Å². The van der Waals surface area contributed by atoms with E-state index in [1.54, 1.807) is 36.5 Å². The molecule has 3 aromatic rings. The van der Waals surface area contributed by atoms with E-state index >= 15 is 0 Å². The minimum Gasteiger partial charge on any atom is -0.333 e. The number of fused-ring (bicyclic) bond motifs is 1. The topological polar surface area (TPSA) is 81.0 Å². The van der Waals surface area contributed by atoms with Crippen LogP contribution in [0.1, 0.15) is 21.7 Å². The predicted molar refractivity (Wildman–Crippen MR) is 95.4 cm³/mol. The Morgan fingerprint density at radius 1 is 1.12 bits per heavy atom. The van der Waals surface area contributed by atoms with Gasteiger partial charge in [-0.1, -0.05) is 6.07 Å². The summed E-state index contributed by atoms with van der Waals surface area (Å²) in [7, 11) is 1.61. The van der Waals surface area contributed by atoms with Crippen molar-refractivity contribution in [1.29, 1.82) is 0 Å². The molecule has 0 aromatic carbocycles. The number of rotatable bonds is 2. The number of amides is 1. The van der Waals surface area contributed by atoms with Crippen LogP contribution in [0.2, 0.25) is 0 Å². The molecule has 0 saturated carbocycles. The summed E-state index contributed by atoms with van der Waals surface area (Å²) < 4.78 is 1.38. The maximum atomic E-state index is 12.9. The van der Waals surface area contributed by atoms with Crippen molar-refractivity contribution in [3.05, 3.63) is 76.1 Å². The van der Waals surface area contributed by atoms with Gasteiger partial charge in [0, 0.05) is 50.6 Å². The SMILES string of the molecule is Cn1c(C(=O)N2CCc3nnc(-c4ccncc4)cc3C2)cccc1=O. The summed E-state index contributed by atoms with van der Waals surface area (Å²) in [6, 6.07) is 10.5. The van der Waals surface area contributed by atoms with E-state index in [4.69, 9.17) is 0 Å². The molecule has 4 rings (SSSR count). The van der Waals surface area contributed by atoms with E-state index in [-0.39, 0.29) is 11.5 Å². The first kappa shape index (κ1) is 16.1. The molecule has 130 valence electrons. The zero-order valence-electron chi connectivity index (χ0n) is 14.3. The van der Waals surface area contributed by atoms with E-state index in [1.807, 2.05) is 18.2 Å². The largest absolute Gasteiger partial charge is 0.333 e. The molecule has 0 spiro atoms. The Labute approximate surface area is 150 Å². The van der Waals surface area contributed by atoms with E-state index < -0.39 is 0 Å². The van der Waals surface area contributed by atoms with Crippen molar-refractivity contribution in [2.24, 2.45) is 7.05 Å². The molecule has 0 fully saturated rings. The monoisotopic (exact) mass is 347 g/mol. The quantitative estimate of drug-likeness (QED) is 0.701. The Bertz CT molecular complexity index is 1030. The highest BCUT2D eigenvalue weighted by Gasteiger charge is 2.24. The zero-order chi connectivity index (χ0) is 18.1. The third kappa shape index (κ3) is 2.88. The average molecular weight is 347 g/mol. The van der Waals surface area contributed by atoms with Crippen LogP contribution in [0.15, 0.2) is 53.6 Å². The van der Waals surface area contributed by atoms with Crippen molar-refractivity contribution in [2.75, 3.05) is 6.54 Å². The second-order valence-corrected chi connectivity index (χ2v) is 6.22. The van der Waals surface area contributed by atoms with Crippen molar-refractivity contribution in [1.82, 2.24) is 24.6 Å². The van der Waals surface area contributed by atoms with Gasteiger partial charge in [-0.2, -0.15) is 10.2 Å². The molecule has 1 amide bonds. The molecule has 3 aromatic heterocycles. The summed E-state index contributed by atoms with van der Waals surface area (Å²) in [5.74, 6) is -0.155. The van der Waals surface area contributed by atoms with Gasteiger partial charge in [0.15, 0.2) is 0 Å². The van der Waals surface area contributed by atoms with E-state index in [9.17, 15) is 9.59 Å². The third-order valence-corrected chi connectivity index (χ3v) is 4.61. The fourth-order valence-electron chi connectivity index (χ4n) is 3.11. The maximum absolute atomic E-state index is 12.9. The van der Waals surface area contributed by atoms with Gasteiger partial charge in [0.2, 0.25) is 0 Å². The summed E-state index contributed by atoms with van der Waals surface area (Å²) in [6.07, 6.45) is 4.07. The fraction of sp³-hybridized carbons (Fsp3) is 0.211. The highest BCUT2D eigenvalue weighted by molar-refractivity contribution is 5.92. The Balaban J connectivity index is 1.64. The molecule has 0 aliphatic carbocycles. The standard InChI is InChI=1S/C19H17N5O2/c1-23-17(3-2-4-18(23)25)19(26)24-10-7-15-14(12-24)11-16(22-21-15)13-5-8-20-9-6-13/h2-6,8-9,11H,7,10,12H2,1H3. The van der Waals surface area contributed by atoms with Gasteiger partial charge in [-0.25, -0.2) is 0 Å². The number of pyridine rings is 2. The molecular weight excluding hydrogens is 330 g/mol. The highest BCUT2D eigenvalue weighted by Crippen LogP contribution is 2.23. The summed E-state index contributed by atoms with van der Waals surface area (Å²) in [6.45, 7) is 1.00. The molecule has 0 radical (unpaired) electrons. The Morgan fingerprint density at radius 2 is 1.92 bits per heavy atom. The van der Waals surface area contributed by atoms with Crippen molar-refractivity contribution in [3.63, 3.8) is 0 Å². The Kier molecular flexibility index (Phi) is 4.04. The summed E-state index contributed by atoms with van der Waals surface area (Å²) in [5.41, 5.74) is 3.77. The van der Waals surface area contributed by atoms with Crippen molar-refractivity contribution in [3.8, 4) is 11.3 Å². The lowest BCUT2D eigenvalue weighted by Crippen LogP contribution is -2.39. The molecule has 0 saturated heterocycles. The van der Waals surface area contributed by atoms with Gasteiger partial charge in [0.1, 0.15) is 5.69 Å². The molecule has 0 atom stereocenters. The second kappa shape index (κ2) is 6.51. The number of carbonyl (C=O) groups is 1. The van der Waals surface area contributed by atoms with Crippen molar-refractivity contribution < 1.29 is 4.79 Å². The lowest BCUT2D eigenvalue weighted by Gasteiger charge is -2.28. The number of aromatic nitrogens is 4. The van der Waals surface area contributed by atoms with Crippen LogP contribution >= 0.6 is 0 Å². The van der Waals surface area contributed by atoms with Crippen molar-refractivity contribution in [2.45, 2.75) is 13.0 Å². The molecule has 1 aliphatic heterocycles. The second-order valence-electron chi connectivity index (χ2n) is 6.22. The van der Waals surface area contributed by atoms with Crippen LogP contribution in [0.4, 0.5) is 0 Å². The van der Waals surface area contributed by atoms with Crippen LogP contribution < -0.4 is 5.56 Å². The number of carbonyl (C=O) groups excluding carboxylic acids is 1. The first-order valence-electron chi connectivity index (χ1n) is 8.34. The number of hydrogen-bond acceptors (Lipinski definition) is 5. The van der Waals surface area contributed by atoms with E-state index in [0.717, 1.165) is 22.5 Å². The van der Waals surface area contributed by atoms with E-state index in [1.165, 1.54) is 10.6 Å². The average Bonchev–Trinajstić information content (AvgIpc) is 2.69. The van der Waals surface area contributed by atoms with Crippen LogP contribution in [0.25, 0.3) is 11.3 Å². The Morgan fingerprint density at radius 3 is 2.73 bits per heavy atom. The van der Waals surface area contributed by atoms with E-state index in [0.29, 0.717) is 25.2 Å². The maximum Gasteiger partial charge on any atom is 0.270 e. The van der Waals surface area contributed by atoms with Crippen LogP contribution in [0, 0.1) is 0 Å². The Hall–Kier alpha value is -3.35. The van der Waals surface area contributed by atoms with Gasteiger partial charge in [0.25, 0.3) is 11.5 Å². The van der Waals surface area contributed by atoms with Gasteiger partial charge >= 0.3 is 0 Å². The van der Waals surface area contributed by atoms with Gasteiger partial charge in [0.05, 0.1) is 11.4 Å². The number of hydrogen-bond donors (Lipinski definition) is 0. The minimum atomic E-state index is -0.195. The molecule has 7 heteroatoms. The third-order valence-electron chi connectivity index (χ3n) is 4.61. The molecule has 0 N–H and O–H groups in total. The predicted octanol–water partition coefficient (Wildman–Crippen LogP) is 1.44.